The Balaban J connectivity index is 2.40. The minimum Gasteiger partial charge on any atom is -0.480 e. The van der Waals surface area contributed by atoms with Gasteiger partial charge < -0.3 is 9.47 Å². The number of carbonyl (C=O) groups excluding carboxylic acids is 1. The lowest BCUT2D eigenvalue weighted by molar-refractivity contribution is 0.102. The van der Waals surface area contributed by atoms with E-state index in [0.29, 0.717) is 34.8 Å². The van der Waals surface area contributed by atoms with Crippen LogP contribution in [0.5, 0.6) is 5.88 Å². The maximum atomic E-state index is 12.6. The van der Waals surface area contributed by atoms with Gasteiger partial charge in [-0.25, -0.2) is 4.98 Å². The van der Waals surface area contributed by atoms with E-state index in [9.17, 15) is 4.79 Å². The van der Waals surface area contributed by atoms with Crippen molar-refractivity contribution in [3.8, 4) is 5.88 Å². The molecule has 2 rings (SSSR count). The Labute approximate surface area is 124 Å². The number of pyridine rings is 1. The molecule has 0 unspecified atom stereocenters. The van der Waals surface area contributed by atoms with Crippen LogP contribution >= 0.6 is 15.9 Å². The van der Waals surface area contributed by atoms with Crippen molar-refractivity contribution in [1.82, 2.24) is 14.8 Å². The first-order chi connectivity index (χ1) is 9.69. The number of rotatable bonds is 6. The standard InChI is InChI=1S/C13H14BrN3O3/c1-19-7-6-17-11(10(14)8-16-17)12(18)9-4-3-5-15-13(9)20-2/h3-5,8H,6-7H2,1-2H3. The smallest absolute Gasteiger partial charge is 0.224 e. The zero-order chi connectivity index (χ0) is 14.5. The number of carbonyl (C=O) groups is 1. The Hall–Kier alpha value is -1.73. The minimum atomic E-state index is -0.199. The van der Waals surface area contributed by atoms with Crippen molar-refractivity contribution < 1.29 is 14.3 Å². The summed E-state index contributed by atoms with van der Waals surface area (Å²) in [4.78, 5) is 16.7. The number of hydrogen-bond acceptors (Lipinski definition) is 5. The Morgan fingerprint density at radius 2 is 2.25 bits per heavy atom. The van der Waals surface area contributed by atoms with E-state index in [0.717, 1.165) is 0 Å². The second kappa shape index (κ2) is 6.62. The Kier molecular flexibility index (Phi) is 4.86. The van der Waals surface area contributed by atoms with Crippen LogP contribution in [0.1, 0.15) is 16.1 Å². The zero-order valence-electron chi connectivity index (χ0n) is 11.2. The molecule has 0 atom stereocenters. The second-order valence-corrected chi connectivity index (χ2v) is 4.80. The molecule has 0 aromatic carbocycles. The molecular formula is C13H14BrN3O3. The lowest BCUT2D eigenvalue weighted by Gasteiger charge is -2.09. The van der Waals surface area contributed by atoms with Crippen LogP contribution in [-0.4, -0.2) is 41.4 Å². The molecule has 0 radical (unpaired) electrons. The first-order valence-corrected chi connectivity index (χ1v) is 6.72. The van der Waals surface area contributed by atoms with Crippen molar-refractivity contribution in [3.05, 3.63) is 40.3 Å². The minimum absolute atomic E-state index is 0.199. The van der Waals surface area contributed by atoms with E-state index < -0.39 is 0 Å². The number of aromatic nitrogens is 3. The van der Waals surface area contributed by atoms with Crippen LogP contribution in [0.15, 0.2) is 29.0 Å². The van der Waals surface area contributed by atoms with Gasteiger partial charge in [0.05, 0.1) is 36.5 Å². The zero-order valence-corrected chi connectivity index (χ0v) is 12.8. The summed E-state index contributed by atoms with van der Waals surface area (Å²) >= 11 is 3.35. The summed E-state index contributed by atoms with van der Waals surface area (Å²) in [5, 5.41) is 4.16. The van der Waals surface area contributed by atoms with Crippen LogP contribution in [0.2, 0.25) is 0 Å². The molecule has 0 aliphatic carbocycles. The molecule has 6 nitrogen and oxygen atoms in total. The van der Waals surface area contributed by atoms with E-state index in [-0.39, 0.29) is 5.78 Å². The lowest BCUT2D eigenvalue weighted by atomic mass is 10.1. The molecule has 7 heteroatoms. The first kappa shape index (κ1) is 14.7. The monoisotopic (exact) mass is 339 g/mol. The van der Waals surface area contributed by atoms with Gasteiger partial charge in [-0.1, -0.05) is 0 Å². The molecule has 0 aliphatic rings. The highest BCUT2D eigenvalue weighted by molar-refractivity contribution is 9.10. The highest BCUT2D eigenvalue weighted by atomic mass is 79.9. The average molecular weight is 340 g/mol. The van der Waals surface area contributed by atoms with Crippen LogP contribution in [0.25, 0.3) is 0 Å². The van der Waals surface area contributed by atoms with Crippen LogP contribution in [-0.2, 0) is 11.3 Å². The third-order valence-electron chi connectivity index (χ3n) is 2.73. The SMILES string of the molecule is COCCn1ncc(Br)c1C(=O)c1cccnc1OC. The molecule has 20 heavy (non-hydrogen) atoms. The number of methoxy groups -OCH3 is 2. The summed E-state index contributed by atoms with van der Waals surface area (Å²) in [6, 6.07) is 3.37. The highest BCUT2D eigenvalue weighted by Crippen LogP contribution is 2.23. The number of halogens is 1. The quantitative estimate of drug-likeness (QED) is 0.752. The van der Waals surface area contributed by atoms with E-state index >= 15 is 0 Å². The maximum absolute atomic E-state index is 12.6. The Morgan fingerprint density at radius 3 is 2.95 bits per heavy atom. The number of ketones is 1. The molecular weight excluding hydrogens is 326 g/mol. The molecule has 2 heterocycles. The lowest BCUT2D eigenvalue weighted by Crippen LogP contribution is -2.15. The second-order valence-electron chi connectivity index (χ2n) is 3.95. The van der Waals surface area contributed by atoms with Gasteiger partial charge in [0.25, 0.3) is 0 Å². The van der Waals surface area contributed by atoms with E-state index in [1.165, 1.54) is 7.11 Å². The predicted octanol–water partition coefficient (Wildman–Crippen LogP) is 1.93. The summed E-state index contributed by atoms with van der Waals surface area (Å²) < 4.78 is 12.4. The van der Waals surface area contributed by atoms with Gasteiger partial charge in [-0.05, 0) is 28.1 Å². The van der Waals surface area contributed by atoms with E-state index in [1.807, 2.05) is 0 Å². The number of nitrogens with zero attached hydrogens (tertiary/aromatic N) is 3. The summed E-state index contributed by atoms with van der Waals surface area (Å²) in [5.74, 6) is 0.0966. The van der Waals surface area contributed by atoms with Gasteiger partial charge in [0.1, 0.15) is 5.69 Å². The molecule has 0 aliphatic heterocycles. The summed E-state index contributed by atoms with van der Waals surface area (Å²) in [5.41, 5.74) is 0.850. The Morgan fingerprint density at radius 1 is 1.45 bits per heavy atom. The van der Waals surface area contributed by atoms with Crippen molar-refractivity contribution in [2.45, 2.75) is 6.54 Å². The van der Waals surface area contributed by atoms with Gasteiger partial charge in [-0.15, -0.1) is 0 Å². The van der Waals surface area contributed by atoms with E-state index in [2.05, 4.69) is 26.0 Å². The molecule has 0 bridgehead atoms. The van der Waals surface area contributed by atoms with E-state index in [1.54, 1.807) is 36.3 Å². The highest BCUT2D eigenvalue weighted by Gasteiger charge is 2.22. The fourth-order valence-corrected chi connectivity index (χ4v) is 2.27. The van der Waals surface area contributed by atoms with Gasteiger partial charge in [0.15, 0.2) is 0 Å². The molecule has 0 saturated heterocycles. The maximum Gasteiger partial charge on any atom is 0.224 e. The number of ether oxygens (including phenoxy) is 2. The molecule has 0 spiro atoms. The largest absolute Gasteiger partial charge is 0.480 e. The topological polar surface area (TPSA) is 66.2 Å². The van der Waals surface area contributed by atoms with Crippen LogP contribution in [0.3, 0.4) is 0 Å². The third kappa shape index (κ3) is 2.88. The molecule has 2 aromatic heterocycles. The van der Waals surface area contributed by atoms with Crippen molar-refractivity contribution in [2.75, 3.05) is 20.8 Å². The molecule has 0 N–H and O–H groups in total. The predicted molar refractivity (Wildman–Crippen MR) is 76.0 cm³/mol. The fraction of sp³-hybridized carbons (Fsp3) is 0.308. The third-order valence-corrected chi connectivity index (χ3v) is 3.31. The average Bonchev–Trinajstić information content (AvgIpc) is 2.85. The van der Waals surface area contributed by atoms with Crippen molar-refractivity contribution in [1.29, 1.82) is 0 Å². The van der Waals surface area contributed by atoms with Gasteiger partial charge in [-0.2, -0.15) is 5.10 Å². The van der Waals surface area contributed by atoms with Crippen LogP contribution in [0, 0.1) is 0 Å². The van der Waals surface area contributed by atoms with Crippen molar-refractivity contribution in [2.24, 2.45) is 0 Å². The molecule has 2 aromatic rings. The van der Waals surface area contributed by atoms with Gasteiger partial charge >= 0.3 is 0 Å². The normalized spacial score (nSPS) is 10.6. The van der Waals surface area contributed by atoms with Crippen LogP contribution in [0.4, 0.5) is 0 Å². The van der Waals surface area contributed by atoms with Crippen molar-refractivity contribution >= 4 is 21.7 Å². The molecule has 0 fully saturated rings. The van der Waals surface area contributed by atoms with Gasteiger partial charge in [0.2, 0.25) is 11.7 Å². The van der Waals surface area contributed by atoms with Crippen LogP contribution < -0.4 is 4.74 Å². The molecule has 0 saturated carbocycles. The molecule has 0 amide bonds. The molecule has 106 valence electrons. The summed E-state index contributed by atoms with van der Waals surface area (Å²) in [6.45, 7) is 0.963. The van der Waals surface area contributed by atoms with Gasteiger partial charge in [-0.3, -0.25) is 9.48 Å². The van der Waals surface area contributed by atoms with Crippen molar-refractivity contribution in [3.63, 3.8) is 0 Å². The van der Waals surface area contributed by atoms with E-state index in [4.69, 9.17) is 9.47 Å². The first-order valence-electron chi connectivity index (χ1n) is 5.93. The fourth-order valence-electron chi connectivity index (χ4n) is 1.79. The summed E-state index contributed by atoms with van der Waals surface area (Å²) in [7, 11) is 3.08. The Bertz CT molecular complexity index is 613. The number of hydrogen-bond donors (Lipinski definition) is 0. The van der Waals surface area contributed by atoms with Gasteiger partial charge in [0, 0.05) is 13.3 Å². The summed E-state index contributed by atoms with van der Waals surface area (Å²) in [6.07, 6.45) is 3.17.